The fourth-order valence-electron chi connectivity index (χ4n) is 8.79. The Balaban J connectivity index is 1.11. The van der Waals surface area contributed by atoms with E-state index in [1.165, 1.54) is 64.8 Å². The highest BCUT2D eigenvalue weighted by Crippen LogP contribution is 2.33. The maximum Gasteiger partial charge on any atom is 0.338 e. The van der Waals surface area contributed by atoms with Gasteiger partial charge in [-0.1, -0.05) is 54.6 Å². The smallest absolute Gasteiger partial charge is 0.338 e. The van der Waals surface area contributed by atoms with Gasteiger partial charge in [0, 0.05) is 28.4 Å². The highest BCUT2D eigenvalue weighted by molar-refractivity contribution is 5.90. The number of esters is 3. The summed E-state index contributed by atoms with van der Waals surface area (Å²) in [6, 6.07) is 23.1. The number of rotatable bonds is 20. The molecule has 3 aromatic rings. The maximum absolute atomic E-state index is 13.4. The van der Waals surface area contributed by atoms with E-state index in [2.05, 4.69) is 0 Å². The van der Waals surface area contributed by atoms with E-state index >= 15 is 0 Å². The number of ether oxygens (including phenoxy) is 14. The number of carbonyl (C=O) groups is 3. The molecule has 4 aliphatic rings. The lowest BCUT2D eigenvalue weighted by molar-refractivity contribution is -0.347. The van der Waals surface area contributed by atoms with Crippen molar-refractivity contribution in [2.24, 2.45) is 0 Å². The normalized spacial score (nSPS) is 36.7. The first-order valence-corrected chi connectivity index (χ1v) is 23.3. The van der Waals surface area contributed by atoms with Gasteiger partial charge in [0.25, 0.3) is 0 Å². The van der Waals surface area contributed by atoms with Crippen LogP contribution in [0.5, 0.6) is 0 Å². The van der Waals surface area contributed by atoms with E-state index in [-0.39, 0.29) is 23.3 Å². The Kier molecular flexibility index (Phi) is 20.1. The number of benzene rings is 3. The number of aliphatic hydroxyl groups excluding tert-OH is 7. The zero-order valence-electron chi connectivity index (χ0n) is 40.1. The van der Waals surface area contributed by atoms with Crippen LogP contribution in [0, 0.1) is 0 Å². The Morgan fingerprint density at radius 1 is 0.384 bits per heavy atom. The van der Waals surface area contributed by atoms with E-state index in [9.17, 15) is 50.1 Å². The molecule has 0 saturated carbocycles. The largest absolute Gasteiger partial charge is 0.450 e. The van der Waals surface area contributed by atoms with Crippen LogP contribution >= 0.6 is 0 Å². The second kappa shape index (κ2) is 26.2. The summed E-state index contributed by atoms with van der Waals surface area (Å²) < 4.78 is 81.6. The standard InChI is InChI=1S/C49H62O24/c1-60-37-30(70-46(63-4)42(62-3)41(37)61-2)23-66-49-40(73-45(59)26-18-12-7-13-19-26)36(56)33(53)29(69-49)22-65-48-39(72-44(58)25-16-10-6-11-17-25)35(55)32(52)28(68-48)21-64-47-38(34(54)31(51)27(20-50)67-47)71-43(57)24-14-8-5-9-15-24/h5-19,27-42,46-56H,20-23H2,1-4H3/t27-,28-,29-,30-,31-,32-,33-,34+,35+,36+,37-,38+,39+,40+,41+,42-,46+,47+,48+,49+/m1/s1. The fraction of sp³-hybridized carbons (Fsp3) is 0.571. The van der Waals surface area contributed by atoms with Gasteiger partial charge >= 0.3 is 17.9 Å². The predicted octanol–water partition coefficient (Wildman–Crippen LogP) is -1.54. The molecule has 7 N–H and O–H groups in total. The maximum atomic E-state index is 13.4. The van der Waals surface area contributed by atoms with Crippen molar-refractivity contribution in [3.05, 3.63) is 108 Å². The van der Waals surface area contributed by atoms with Gasteiger partial charge in [-0.3, -0.25) is 0 Å². The van der Waals surface area contributed by atoms with Crippen molar-refractivity contribution in [2.75, 3.05) is 54.9 Å². The molecule has 7 rings (SSSR count). The molecule has 0 unspecified atom stereocenters. The zero-order chi connectivity index (χ0) is 52.3. The Morgan fingerprint density at radius 2 is 0.699 bits per heavy atom. The Hall–Kier alpha value is -4.65. The summed E-state index contributed by atoms with van der Waals surface area (Å²) in [7, 11) is 5.70. The van der Waals surface area contributed by atoms with Crippen molar-refractivity contribution < 1.29 is 116 Å². The number of carbonyl (C=O) groups excluding carboxylic acids is 3. The van der Waals surface area contributed by atoms with E-state index in [4.69, 9.17) is 66.3 Å². The Labute approximate surface area is 418 Å². The SMILES string of the molecule is CO[C@H]1O[C@H](CO[C@H]2O[C@H](CO[C@H]3O[C@H](CO[C@H]4O[C@H](CO)[C@@H](O)[C@H](O)[C@@H]4OC(=O)c4ccccc4)[C@@H](O)[C@H](O)[C@@H]3OC(=O)c3ccccc3)[C@@H](O)[C@H](O)[C@@H]2OC(=O)c2ccccc2)[C@@H](OC)[C@H](OC)[C@H]1OC. The van der Waals surface area contributed by atoms with Crippen LogP contribution in [0.1, 0.15) is 31.1 Å². The summed E-state index contributed by atoms with van der Waals surface area (Å²) in [5.74, 6) is -2.79. The van der Waals surface area contributed by atoms with Crippen molar-refractivity contribution >= 4 is 17.9 Å². The van der Waals surface area contributed by atoms with E-state index in [0.29, 0.717) is 0 Å². The van der Waals surface area contributed by atoms with Crippen molar-refractivity contribution in [1.29, 1.82) is 0 Å². The Bertz CT molecular complexity index is 2180. The topological polar surface area (TPSA) is 322 Å². The lowest BCUT2D eigenvalue weighted by atomic mass is 9.97. The van der Waals surface area contributed by atoms with Crippen LogP contribution < -0.4 is 0 Å². The van der Waals surface area contributed by atoms with Crippen molar-refractivity contribution in [3.63, 3.8) is 0 Å². The summed E-state index contributed by atoms with van der Waals surface area (Å²) in [4.78, 5) is 39.9. The first-order valence-electron chi connectivity index (χ1n) is 23.3. The van der Waals surface area contributed by atoms with E-state index < -0.39 is 161 Å². The summed E-state index contributed by atoms with van der Waals surface area (Å²) in [6.07, 6.45) is -30.4. The highest BCUT2D eigenvalue weighted by atomic mass is 16.8. The minimum Gasteiger partial charge on any atom is -0.450 e. The number of hydrogen-bond acceptors (Lipinski definition) is 24. The van der Waals surface area contributed by atoms with E-state index in [1.807, 2.05) is 0 Å². The van der Waals surface area contributed by atoms with Crippen molar-refractivity contribution in [3.8, 4) is 0 Å². The third-order valence-electron chi connectivity index (χ3n) is 12.8. The average Bonchev–Trinajstić information content (AvgIpc) is 3.42. The molecule has 0 spiro atoms. The molecule has 24 heteroatoms. The molecule has 4 fully saturated rings. The lowest BCUT2D eigenvalue weighted by Crippen LogP contribution is -2.64. The van der Waals surface area contributed by atoms with Gasteiger partial charge in [-0.2, -0.15) is 0 Å². The van der Waals surface area contributed by atoms with Gasteiger partial charge in [-0.25, -0.2) is 14.4 Å². The minimum atomic E-state index is -1.98. The second-order valence-corrected chi connectivity index (χ2v) is 17.3. The van der Waals surface area contributed by atoms with E-state index in [1.54, 1.807) is 54.6 Å². The quantitative estimate of drug-likeness (QED) is 0.0498. The van der Waals surface area contributed by atoms with Gasteiger partial charge in [0.05, 0.1) is 43.1 Å². The number of hydrogen-bond donors (Lipinski definition) is 7. The third kappa shape index (κ3) is 13.1. The van der Waals surface area contributed by atoms with Gasteiger partial charge in [-0.05, 0) is 36.4 Å². The van der Waals surface area contributed by atoms with Crippen LogP contribution in [-0.2, 0) is 66.3 Å². The zero-order valence-corrected chi connectivity index (χ0v) is 40.1. The van der Waals surface area contributed by atoms with Crippen LogP contribution in [0.3, 0.4) is 0 Å². The third-order valence-corrected chi connectivity index (χ3v) is 12.8. The van der Waals surface area contributed by atoms with Gasteiger partial charge in [0.15, 0.2) is 43.5 Å². The Morgan fingerprint density at radius 3 is 1.03 bits per heavy atom. The van der Waals surface area contributed by atoms with Crippen LogP contribution in [-0.4, -0.2) is 231 Å². The molecular formula is C49H62O24. The molecule has 3 aromatic carbocycles. The molecule has 0 radical (unpaired) electrons. The molecule has 0 aliphatic carbocycles. The second-order valence-electron chi connectivity index (χ2n) is 17.3. The molecule has 0 amide bonds. The molecule has 0 aromatic heterocycles. The summed E-state index contributed by atoms with van der Waals surface area (Å²) in [5, 5.41) is 77.9. The first kappa shape index (κ1) is 56.1. The van der Waals surface area contributed by atoms with Gasteiger partial charge in [0.1, 0.15) is 79.4 Å². The fourth-order valence-corrected chi connectivity index (χ4v) is 8.79. The molecule has 73 heavy (non-hydrogen) atoms. The highest BCUT2D eigenvalue weighted by Gasteiger charge is 2.54. The number of aliphatic hydroxyl groups is 7. The molecule has 402 valence electrons. The minimum absolute atomic E-state index is 0.0485. The summed E-state index contributed by atoms with van der Waals surface area (Å²) in [6.45, 7) is -2.61. The average molecular weight is 1040 g/mol. The molecule has 20 atom stereocenters. The molecule has 4 heterocycles. The summed E-state index contributed by atoms with van der Waals surface area (Å²) in [5.41, 5.74) is 0.232. The van der Waals surface area contributed by atoms with Crippen molar-refractivity contribution in [1.82, 2.24) is 0 Å². The molecule has 24 nitrogen and oxygen atoms in total. The molecule has 0 bridgehead atoms. The van der Waals surface area contributed by atoms with Crippen LogP contribution in [0.2, 0.25) is 0 Å². The molecule has 4 aliphatic heterocycles. The summed E-state index contributed by atoms with van der Waals surface area (Å²) >= 11 is 0. The monoisotopic (exact) mass is 1030 g/mol. The molecule has 4 saturated heterocycles. The van der Waals surface area contributed by atoms with Gasteiger partial charge in [0.2, 0.25) is 0 Å². The first-order chi connectivity index (χ1) is 35.2. The van der Waals surface area contributed by atoms with Crippen LogP contribution in [0.15, 0.2) is 91.0 Å². The lowest BCUT2D eigenvalue weighted by Gasteiger charge is -2.46. The van der Waals surface area contributed by atoms with E-state index in [0.717, 1.165) is 0 Å². The molecular weight excluding hydrogens is 973 g/mol. The van der Waals surface area contributed by atoms with Gasteiger partial charge in [-0.15, -0.1) is 0 Å². The predicted molar refractivity (Wildman–Crippen MR) is 242 cm³/mol. The van der Waals surface area contributed by atoms with Crippen LogP contribution in [0.25, 0.3) is 0 Å². The number of methoxy groups -OCH3 is 4. The van der Waals surface area contributed by atoms with Crippen molar-refractivity contribution in [2.45, 2.75) is 123 Å². The van der Waals surface area contributed by atoms with Gasteiger partial charge < -0.3 is 102 Å². The van der Waals surface area contributed by atoms with Crippen LogP contribution in [0.4, 0.5) is 0 Å².